The van der Waals surface area contributed by atoms with Gasteiger partial charge >= 0.3 is 6.18 Å². The van der Waals surface area contributed by atoms with E-state index in [1.54, 1.807) is 6.07 Å². The number of anilines is 2. The Balaban J connectivity index is 1.19. The SMILES string of the molecule is FC(F)(F)c1cc(N2C[C@H]3CC[C@@H](C2)[C@@H]3Nc2nc3n(n2)CCCCC3c2ccc(Cl)cc2)ccn1. The fraction of sp³-hybridized carbons (Fsp3) is 0.500. The highest BCUT2D eigenvalue weighted by Gasteiger charge is 2.43. The van der Waals surface area contributed by atoms with Crippen LogP contribution in [0.4, 0.5) is 24.8 Å². The molecular weight excluding hydrogens is 489 g/mol. The molecule has 2 bridgehead atoms. The Labute approximate surface area is 212 Å². The zero-order valence-electron chi connectivity index (χ0n) is 19.8. The smallest absolute Gasteiger partial charge is 0.371 e. The molecule has 2 aromatic heterocycles. The van der Waals surface area contributed by atoms with Gasteiger partial charge < -0.3 is 10.2 Å². The molecule has 1 aliphatic carbocycles. The monoisotopic (exact) mass is 516 g/mol. The van der Waals surface area contributed by atoms with Crippen LogP contribution in [0.5, 0.6) is 0 Å². The highest BCUT2D eigenvalue weighted by Crippen LogP contribution is 2.41. The molecule has 4 heterocycles. The van der Waals surface area contributed by atoms with Crippen LogP contribution in [-0.4, -0.2) is 38.9 Å². The van der Waals surface area contributed by atoms with Gasteiger partial charge in [0.25, 0.3) is 0 Å². The van der Waals surface area contributed by atoms with E-state index >= 15 is 0 Å². The number of nitrogens with zero attached hydrogens (tertiary/aromatic N) is 5. The number of aromatic nitrogens is 4. The van der Waals surface area contributed by atoms with Gasteiger partial charge in [-0.3, -0.25) is 4.98 Å². The van der Waals surface area contributed by atoms with Gasteiger partial charge in [-0.15, -0.1) is 5.10 Å². The van der Waals surface area contributed by atoms with Crippen molar-refractivity contribution in [2.75, 3.05) is 23.3 Å². The third-order valence-electron chi connectivity index (χ3n) is 7.93. The lowest BCUT2D eigenvalue weighted by Crippen LogP contribution is -2.48. The lowest BCUT2D eigenvalue weighted by molar-refractivity contribution is -0.141. The molecular formula is C26H28ClF3N6. The molecule has 1 N–H and O–H groups in total. The molecule has 6 rings (SSSR count). The van der Waals surface area contributed by atoms with Gasteiger partial charge in [-0.2, -0.15) is 18.2 Å². The summed E-state index contributed by atoms with van der Waals surface area (Å²) in [4.78, 5) is 10.5. The van der Waals surface area contributed by atoms with Crippen LogP contribution in [0.3, 0.4) is 0 Å². The second-order valence-electron chi connectivity index (χ2n) is 10.2. The van der Waals surface area contributed by atoms with Crippen molar-refractivity contribution >= 4 is 23.2 Å². The maximum absolute atomic E-state index is 13.2. The second-order valence-corrected chi connectivity index (χ2v) is 10.6. The Morgan fingerprint density at radius 2 is 1.72 bits per heavy atom. The van der Waals surface area contributed by atoms with Crippen LogP contribution in [-0.2, 0) is 12.7 Å². The van der Waals surface area contributed by atoms with Gasteiger partial charge in [0.2, 0.25) is 5.95 Å². The van der Waals surface area contributed by atoms with Crippen molar-refractivity contribution in [3.63, 3.8) is 0 Å². The van der Waals surface area contributed by atoms with E-state index in [2.05, 4.69) is 27.3 Å². The highest BCUT2D eigenvalue weighted by atomic mass is 35.5. The number of fused-ring (bicyclic) bond motifs is 3. The van der Waals surface area contributed by atoms with Gasteiger partial charge in [0.1, 0.15) is 11.5 Å². The molecule has 6 nitrogen and oxygen atoms in total. The number of aryl methyl sites for hydroxylation is 1. The lowest BCUT2D eigenvalue weighted by Gasteiger charge is -2.39. The summed E-state index contributed by atoms with van der Waals surface area (Å²) >= 11 is 6.11. The van der Waals surface area contributed by atoms with Crippen LogP contribution in [0, 0.1) is 11.8 Å². The molecule has 0 amide bonds. The molecule has 190 valence electrons. The van der Waals surface area contributed by atoms with Crippen LogP contribution >= 0.6 is 11.6 Å². The van der Waals surface area contributed by atoms with Crippen LogP contribution in [0.2, 0.25) is 5.02 Å². The number of piperidine rings is 1. The van der Waals surface area contributed by atoms with Crippen molar-refractivity contribution in [2.45, 2.75) is 56.8 Å². The summed E-state index contributed by atoms with van der Waals surface area (Å²) in [6.45, 7) is 2.26. The molecule has 1 saturated carbocycles. The number of rotatable bonds is 4. The van der Waals surface area contributed by atoms with Gasteiger partial charge in [-0.05, 0) is 67.3 Å². The number of hydrogen-bond donors (Lipinski definition) is 1. The lowest BCUT2D eigenvalue weighted by atomic mass is 9.92. The first-order valence-electron chi connectivity index (χ1n) is 12.6. The Kier molecular flexibility index (Phi) is 6.06. The third-order valence-corrected chi connectivity index (χ3v) is 8.18. The van der Waals surface area contributed by atoms with Crippen LogP contribution in [0.1, 0.15) is 55.1 Å². The first kappa shape index (κ1) is 23.6. The zero-order valence-corrected chi connectivity index (χ0v) is 20.5. The summed E-state index contributed by atoms with van der Waals surface area (Å²) in [6, 6.07) is 11.0. The topological polar surface area (TPSA) is 58.9 Å². The minimum Gasteiger partial charge on any atom is -0.371 e. The number of halogens is 4. The van der Waals surface area contributed by atoms with E-state index in [0.717, 1.165) is 55.6 Å². The van der Waals surface area contributed by atoms with Crippen molar-refractivity contribution in [3.8, 4) is 0 Å². The van der Waals surface area contributed by atoms with Gasteiger partial charge in [0, 0.05) is 48.5 Å². The minimum absolute atomic E-state index is 0.181. The first-order valence-corrected chi connectivity index (χ1v) is 13.0. The minimum atomic E-state index is -4.44. The van der Waals surface area contributed by atoms with Crippen molar-refractivity contribution in [1.29, 1.82) is 0 Å². The number of benzene rings is 1. The van der Waals surface area contributed by atoms with Gasteiger partial charge in [-0.25, -0.2) is 4.68 Å². The summed E-state index contributed by atoms with van der Waals surface area (Å²) in [5.41, 5.74) is 0.947. The second kappa shape index (κ2) is 9.25. The number of hydrogen-bond acceptors (Lipinski definition) is 5. The Morgan fingerprint density at radius 3 is 2.44 bits per heavy atom. The molecule has 3 aliphatic rings. The summed E-state index contributed by atoms with van der Waals surface area (Å²) in [6.07, 6.45) is 2.10. The molecule has 0 spiro atoms. The van der Waals surface area contributed by atoms with E-state index < -0.39 is 11.9 Å². The summed E-state index contributed by atoms with van der Waals surface area (Å²) < 4.78 is 41.5. The molecule has 1 unspecified atom stereocenters. The van der Waals surface area contributed by atoms with Crippen LogP contribution in [0.25, 0.3) is 0 Å². The van der Waals surface area contributed by atoms with Gasteiger partial charge in [0.15, 0.2) is 0 Å². The average molecular weight is 517 g/mol. The Morgan fingerprint density at radius 1 is 0.972 bits per heavy atom. The predicted molar refractivity (Wildman–Crippen MR) is 132 cm³/mol. The largest absolute Gasteiger partial charge is 0.433 e. The summed E-state index contributed by atoms with van der Waals surface area (Å²) in [5, 5.41) is 9.18. The number of pyridine rings is 1. The van der Waals surface area contributed by atoms with Crippen molar-refractivity contribution < 1.29 is 13.2 Å². The van der Waals surface area contributed by atoms with E-state index in [0.29, 0.717) is 36.6 Å². The standard InChI is InChI=1S/C26H28ClF3N6/c27-19-8-6-16(7-9-19)21-3-1-2-12-36-24(21)33-25(34-36)32-23-17-4-5-18(23)15-35(14-17)20-10-11-31-22(13-20)26(28,29)30/h6-11,13,17-18,21,23H,1-5,12,14-15H2,(H,32,34)/t17-,18+,21?,23-. The van der Waals surface area contributed by atoms with Crippen molar-refractivity contribution in [3.05, 3.63) is 64.7 Å². The number of alkyl halides is 3. The summed E-state index contributed by atoms with van der Waals surface area (Å²) in [5.74, 6) is 2.46. The summed E-state index contributed by atoms with van der Waals surface area (Å²) in [7, 11) is 0. The maximum Gasteiger partial charge on any atom is 0.433 e. The van der Waals surface area contributed by atoms with Crippen molar-refractivity contribution in [2.24, 2.45) is 11.8 Å². The number of nitrogens with one attached hydrogen (secondary N) is 1. The zero-order chi connectivity index (χ0) is 24.9. The van der Waals surface area contributed by atoms with E-state index in [9.17, 15) is 13.2 Å². The third kappa shape index (κ3) is 4.53. The van der Waals surface area contributed by atoms with E-state index in [-0.39, 0.29) is 12.0 Å². The van der Waals surface area contributed by atoms with Crippen molar-refractivity contribution in [1.82, 2.24) is 19.7 Å². The Bertz CT molecular complexity index is 1210. The molecule has 2 fully saturated rings. The average Bonchev–Trinajstić information content (AvgIpc) is 3.26. The molecule has 2 aliphatic heterocycles. The Hall–Kier alpha value is -2.81. The maximum atomic E-state index is 13.2. The molecule has 1 aromatic carbocycles. The van der Waals surface area contributed by atoms with E-state index in [1.807, 2.05) is 16.8 Å². The molecule has 10 heteroatoms. The molecule has 4 atom stereocenters. The van der Waals surface area contributed by atoms with E-state index in [4.69, 9.17) is 21.7 Å². The molecule has 36 heavy (non-hydrogen) atoms. The van der Waals surface area contributed by atoms with Crippen LogP contribution in [0.15, 0.2) is 42.6 Å². The van der Waals surface area contributed by atoms with E-state index in [1.165, 1.54) is 11.8 Å². The molecule has 0 radical (unpaired) electrons. The van der Waals surface area contributed by atoms with Gasteiger partial charge in [0.05, 0.1) is 0 Å². The fourth-order valence-corrected chi connectivity index (χ4v) is 6.30. The highest BCUT2D eigenvalue weighted by molar-refractivity contribution is 6.30. The predicted octanol–water partition coefficient (Wildman–Crippen LogP) is 5.99. The quantitative estimate of drug-likeness (QED) is 0.461. The molecule has 1 saturated heterocycles. The normalized spacial score (nSPS) is 25.9. The van der Waals surface area contributed by atoms with Crippen LogP contribution < -0.4 is 10.2 Å². The fourth-order valence-electron chi connectivity index (χ4n) is 6.18. The first-order chi connectivity index (χ1) is 17.3. The molecule has 3 aromatic rings. The van der Waals surface area contributed by atoms with Gasteiger partial charge in [-0.1, -0.05) is 30.2 Å².